The van der Waals surface area contributed by atoms with E-state index in [1.165, 1.54) is 6.92 Å². The van der Waals surface area contributed by atoms with Crippen LogP contribution in [0.1, 0.15) is 13.3 Å². The minimum absolute atomic E-state index is 0.663. The van der Waals surface area contributed by atoms with Gasteiger partial charge in [-0.1, -0.05) is 0 Å². The molecular formula is C5H9F3O2. The summed E-state index contributed by atoms with van der Waals surface area (Å²) in [5, 5.41) is 16.7. The molecule has 0 aromatic rings. The Morgan fingerprint density at radius 3 is 1.80 bits per heavy atom. The van der Waals surface area contributed by atoms with Gasteiger partial charge in [0.1, 0.15) is 0 Å². The van der Waals surface area contributed by atoms with Gasteiger partial charge in [-0.15, -0.1) is 0 Å². The van der Waals surface area contributed by atoms with Crippen LogP contribution in [0.4, 0.5) is 13.2 Å². The molecule has 10 heavy (non-hydrogen) atoms. The number of hydrogen-bond donors (Lipinski definition) is 2. The molecule has 62 valence electrons. The van der Waals surface area contributed by atoms with E-state index in [0.717, 1.165) is 0 Å². The van der Waals surface area contributed by atoms with Crippen molar-refractivity contribution in [3.8, 4) is 0 Å². The summed E-state index contributed by atoms with van der Waals surface area (Å²) < 4.78 is 34.3. The van der Waals surface area contributed by atoms with Gasteiger partial charge in [-0.05, 0) is 6.92 Å². The molecule has 0 aromatic heterocycles. The predicted octanol–water partition coefficient (Wildman–Crippen LogP) is 0.681. The van der Waals surface area contributed by atoms with Crippen molar-refractivity contribution in [2.45, 2.75) is 31.7 Å². The smallest absolute Gasteiger partial charge is 0.393 e. The summed E-state index contributed by atoms with van der Waals surface area (Å²) in [6.45, 7) is 1.19. The third-order valence-electron chi connectivity index (χ3n) is 0.942. The van der Waals surface area contributed by atoms with Gasteiger partial charge in [0.25, 0.3) is 0 Å². The van der Waals surface area contributed by atoms with Crippen molar-refractivity contribution in [3.63, 3.8) is 0 Å². The summed E-state index contributed by atoms with van der Waals surface area (Å²) in [5.41, 5.74) is 0. The van der Waals surface area contributed by atoms with Gasteiger partial charge in [-0.3, -0.25) is 0 Å². The fourth-order valence-electron chi connectivity index (χ4n) is 0.457. The zero-order valence-corrected chi connectivity index (χ0v) is 5.39. The summed E-state index contributed by atoms with van der Waals surface area (Å²) in [7, 11) is 0. The van der Waals surface area contributed by atoms with E-state index in [4.69, 9.17) is 10.2 Å². The zero-order chi connectivity index (χ0) is 8.36. The molecule has 0 aromatic carbocycles. The lowest BCUT2D eigenvalue weighted by molar-refractivity contribution is -0.210. The second-order valence-electron chi connectivity index (χ2n) is 2.14. The number of hydrogen-bond acceptors (Lipinski definition) is 2. The molecule has 0 radical (unpaired) electrons. The third kappa shape index (κ3) is 3.68. The minimum atomic E-state index is -4.61. The average molecular weight is 158 g/mol. The Labute approximate surface area is 56.3 Å². The first kappa shape index (κ1) is 9.71. The number of aliphatic hydroxyl groups excluding tert-OH is 2. The maximum absolute atomic E-state index is 11.4. The maximum atomic E-state index is 11.4. The number of aliphatic hydroxyl groups is 2. The molecule has 0 unspecified atom stereocenters. The predicted molar refractivity (Wildman–Crippen MR) is 28.4 cm³/mol. The van der Waals surface area contributed by atoms with Gasteiger partial charge in [0.05, 0.1) is 6.10 Å². The summed E-state index contributed by atoms with van der Waals surface area (Å²) in [5.74, 6) is 0. The van der Waals surface area contributed by atoms with Crippen LogP contribution in [0, 0.1) is 0 Å². The van der Waals surface area contributed by atoms with Gasteiger partial charge in [-0.25, -0.2) is 0 Å². The Morgan fingerprint density at radius 1 is 1.30 bits per heavy atom. The topological polar surface area (TPSA) is 40.5 Å². The van der Waals surface area contributed by atoms with Crippen molar-refractivity contribution >= 4 is 0 Å². The van der Waals surface area contributed by atoms with E-state index in [1.807, 2.05) is 0 Å². The van der Waals surface area contributed by atoms with Crippen molar-refractivity contribution < 1.29 is 23.4 Å². The Hall–Kier alpha value is -0.290. The fourth-order valence-corrected chi connectivity index (χ4v) is 0.457. The average Bonchev–Trinajstić information content (AvgIpc) is 1.60. The van der Waals surface area contributed by atoms with E-state index >= 15 is 0 Å². The second-order valence-corrected chi connectivity index (χ2v) is 2.14. The van der Waals surface area contributed by atoms with Gasteiger partial charge in [-0.2, -0.15) is 13.2 Å². The molecule has 5 heteroatoms. The Kier molecular flexibility index (Phi) is 3.11. The van der Waals surface area contributed by atoms with Crippen molar-refractivity contribution in [1.82, 2.24) is 0 Å². The van der Waals surface area contributed by atoms with Crippen LogP contribution in [0.5, 0.6) is 0 Å². The van der Waals surface area contributed by atoms with E-state index in [0.29, 0.717) is 0 Å². The molecule has 0 bridgehead atoms. The van der Waals surface area contributed by atoms with E-state index in [-0.39, 0.29) is 0 Å². The summed E-state index contributed by atoms with van der Waals surface area (Å²) in [4.78, 5) is 0. The molecule has 2 atom stereocenters. The van der Waals surface area contributed by atoms with Crippen LogP contribution in [0.15, 0.2) is 0 Å². The number of rotatable bonds is 2. The fraction of sp³-hybridized carbons (Fsp3) is 1.00. The minimum Gasteiger partial charge on any atom is -0.393 e. The Balaban J connectivity index is 3.73. The molecule has 0 fully saturated rings. The van der Waals surface area contributed by atoms with E-state index in [2.05, 4.69) is 0 Å². The Bertz CT molecular complexity index is 99.6. The molecule has 0 aliphatic heterocycles. The normalized spacial score (nSPS) is 18.6. The maximum Gasteiger partial charge on any atom is 0.414 e. The Morgan fingerprint density at radius 2 is 1.70 bits per heavy atom. The molecule has 0 heterocycles. The molecule has 0 amide bonds. The largest absolute Gasteiger partial charge is 0.414 e. The highest BCUT2D eigenvalue weighted by Gasteiger charge is 2.38. The van der Waals surface area contributed by atoms with Crippen LogP contribution in [-0.2, 0) is 0 Å². The number of halogens is 3. The van der Waals surface area contributed by atoms with Gasteiger partial charge < -0.3 is 10.2 Å². The molecule has 0 rings (SSSR count). The van der Waals surface area contributed by atoms with Crippen LogP contribution in [0.2, 0.25) is 0 Å². The molecule has 0 aliphatic carbocycles. The van der Waals surface area contributed by atoms with Crippen LogP contribution < -0.4 is 0 Å². The van der Waals surface area contributed by atoms with Gasteiger partial charge in [0.15, 0.2) is 6.10 Å². The first-order valence-electron chi connectivity index (χ1n) is 2.77. The van der Waals surface area contributed by atoms with Crippen molar-refractivity contribution in [3.05, 3.63) is 0 Å². The third-order valence-corrected chi connectivity index (χ3v) is 0.942. The second kappa shape index (κ2) is 3.21. The van der Waals surface area contributed by atoms with Crippen molar-refractivity contribution in [1.29, 1.82) is 0 Å². The van der Waals surface area contributed by atoms with Gasteiger partial charge in [0.2, 0.25) is 0 Å². The molecule has 2 N–H and O–H groups in total. The summed E-state index contributed by atoms with van der Waals surface area (Å²) >= 11 is 0. The van der Waals surface area contributed by atoms with Crippen LogP contribution >= 0.6 is 0 Å². The highest BCUT2D eigenvalue weighted by Crippen LogP contribution is 2.22. The van der Waals surface area contributed by atoms with E-state index in [9.17, 15) is 13.2 Å². The van der Waals surface area contributed by atoms with Crippen LogP contribution in [0.25, 0.3) is 0 Å². The van der Waals surface area contributed by atoms with E-state index < -0.39 is 24.8 Å². The van der Waals surface area contributed by atoms with Gasteiger partial charge >= 0.3 is 6.18 Å². The lowest BCUT2D eigenvalue weighted by Crippen LogP contribution is -2.31. The molecular weight excluding hydrogens is 149 g/mol. The highest BCUT2D eigenvalue weighted by molar-refractivity contribution is 4.67. The monoisotopic (exact) mass is 158 g/mol. The zero-order valence-electron chi connectivity index (χ0n) is 5.39. The van der Waals surface area contributed by atoms with Crippen LogP contribution in [-0.4, -0.2) is 28.6 Å². The van der Waals surface area contributed by atoms with Gasteiger partial charge in [0, 0.05) is 6.42 Å². The summed E-state index contributed by atoms with van der Waals surface area (Å²) in [6.07, 6.45) is -8.82. The van der Waals surface area contributed by atoms with Crippen molar-refractivity contribution in [2.24, 2.45) is 0 Å². The quantitative estimate of drug-likeness (QED) is 0.620. The lowest BCUT2D eigenvalue weighted by Gasteiger charge is -2.15. The lowest BCUT2D eigenvalue weighted by atomic mass is 10.2. The SMILES string of the molecule is C[C@H](O)C[C@@H](O)C(F)(F)F. The standard InChI is InChI=1S/C5H9F3O2/c1-3(9)2-4(10)5(6,7)8/h3-4,9-10H,2H2,1H3/t3-,4+/m0/s1. The molecule has 0 spiro atoms. The van der Waals surface area contributed by atoms with E-state index in [1.54, 1.807) is 0 Å². The summed E-state index contributed by atoms with van der Waals surface area (Å²) in [6, 6.07) is 0. The van der Waals surface area contributed by atoms with Crippen LogP contribution in [0.3, 0.4) is 0 Å². The highest BCUT2D eigenvalue weighted by atomic mass is 19.4. The first-order chi connectivity index (χ1) is 4.34. The molecule has 0 saturated carbocycles. The number of alkyl halides is 3. The molecule has 0 aliphatic rings. The molecule has 0 saturated heterocycles. The van der Waals surface area contributed by atoms with Crippen molar-refractivity contribution in [2.75, 3.05) is 0 Å². The first-order valence-corrected chi connectivity index (χ1v) is 2.77. The molecule has 2 nitrogen and oxygen atoms in total.